The molecule has 30 heavy (non-hydrogen) atoms. The van der Waals surface area contributed by atoms with E-state index in [1.54, 1.807) is 32.9 Å². The first-order valence-corrected chi connectivity index (χ1v) is 10.2. The van der Waals surface area contributed by atoms with Crippen LogP contribution in [0.25, 0.3) is 0 Å². The minimum Gasteiger partial charge on any atom is -0.489 e. The van der Waals surface area contributed by atoms with E-state index in [2.05, 4.69) is 10.1 Å². The number of alkyl halides is 2. The first-order valence-electron chi connectivity index (χ1n) is 10.2. The molecule has 1 aromatic rings. The van der Waals surface area contributed by atoms with Crippen molar-refractivity contribution < 1.29 is 32.9 Å². The van der Waals surface area contributed by atoms with Crippen molar-refractivity contribution in [3.05, 3.63) is 18.2 Å². The van der Waals surface area contributed by atoms with Gasteiger partial charge >= 0.3 is 12.7 Å². The van der Waals surface area contributed by atoms with E-state index in [0.717, 1.165) is 12.8 Å². The van der Waals surface area contributed by atoms with Gasteiger partial charge in [0, 0.05) is 24.3 Å². The quantitative estimate of drug-likeness (QED) is 0.655. The van der Waals surface area contributed by atoms with Crippen LogP contribution in [0.15, 0.2) is 18.2 Å². The molecule has 0 bridgehead atoms. The molecule has 2 N–H and O–H groups in total. The lowest BCUT2D eigenvalue weighted by atomic mass is 10.1. The highest BCUT2D eigenvalue weighted by atomic mass is 19.3. The van der Waals surface area contributed by atoms with Crippen molar-refractivity contribution in [3.8, 4) is 11.5 Å². The highest BCUT2D eigenvalue weighted by Crippen LogP contribution is 2.36. The van der Waals surface area contributed by atoms with E-state index >= 15 is 0 Å². The van der Waals surface area contributed by atoms with E-state index in [1.807, 2.05) is 0 Å². The second kappa shape index (κ2) is 9.24. The molecular weight excluding hydrogens is 398 g/mol. The Balaban J connectivity index is 1.67. The van der Waals surface area contributed by atoms with Crippen LogP contribution in [-0.4, -0.2) is 60.2 Å². The summed E-state index contributed by atoms with van der Waals surface area (Å²) in [4.78, 5) is 14.0. The van der Waals surface area contributed by atoms with Crippen molar-refractivity contribution >= 4 is 11.8 Å². The number of carbonyl (C=O) groups is 1. The average molecular weight is 428 g/mol. The van der Waals surface area contributed by atoms with E-state index in [0.29, 0.717) is 31.2 Å². The molecule has 9 heteroatoms. The van der Waals surface area contributed by atoms with Gasteiger partial charge in [0.2, 0.25) is 0 Å². The summed E-state index contributed by atoms with van der Waals surface area (Å²) in [7, 11) is 0. The topological polar surface area (TPSA) is 80.3 Å². The number of hydrogen-bond donors (Lipinski definition) is 2. The van der Waals surface area contributed by atoms with Crippen LogP contribution in [0.2, 0.25) is 0 Å². The number of nitrogens with zero attached hydrogens (tertiary/aromatic N) is 1. The number of likely N-dealkylation sites (tertiary alicyclic amines) is 1. The van der Waals surface area contributed by atoms with Gasteiger partial charge in [-0.2, -0.15) is 8.78 Å². The van der Waals surface area contributed by atoms with Gasteiger partial charge in [-0.15, -0.1) is 0 Å². The van der Waals surface area contributed by atoms with Crippen molar-refractivity contribution in [2.45, 2.75) is 64.3 Å². The molecule has 2 atom stereocenters. The molecule has 0 aromatic heterocycles. The highest BCUT2D eigenvalue weighted by Gasteiger charge is 2.37. The zero-order valence-electron chi connectivity index (χ0n) is 17.6. The highest BCUT2D eigenvalue weighted by molar-refractivity contribution is 5.69. The lowest BCUT2D eigenvalue weighted by Crippen LogP contribution is -2.41. The van der Waals surface area contributed by atoms with E-state index in [1.165, 1.54) is 11.0 Å². The summed E-state index contributed by atoms with van der Waals surface area (Å²) in [6, 6.07) is 4.22. The third-order valence-electron chi connectivity index (χ3n) is 4.96. The normalized spacial score (nSPS) is 21.6. The summed E-state index contributed by atoms with van der Waals surface area (Å²) < 4.78 is 41.1. The number of hydrogen-bond acceptors (Lipinski definition) is 6. The van der Waals surface area contributed by atoms with Gasteiger partial charge in [-0.25, -0.2) is 4.79 Å². The van der Waals surface area contributed by atoms with Crippen molar-refractivity contribution in [1.29, 1.82) is 0 Å². The van der Waals surface area contributed by atoms with Crippen LogP contribution in [-0.2, 0) is 4.74 Å². The molecule has 0 spiro atoms. The van der Waals surface area contributed by atoms with Crippen molar-refractivity contribution in [2.24, 2.45) is 5.92 Å². The van der Waals surface area contributed by atoms with Crippen molar-refractivity contribution in [1.82, 2.24) is 4.90 Å². The Bertz CT molecular complexity index is 737. The van der Waals surface area contributed by atoms with Crippen LogP contribution in [0.4, 0.5) is 19.3 Å². The van der Waals surface area contributed by atoms with Gasteiger partial charge in [0.1, 0.15) is 5.60 Å². The number of aliphatic hydroxyl groups excluding tert-OH is 1. The molecule has 168 valence electrons. The largest absolute Gasteiger partial charge is 0.489 e. The molecule has 7 nitrogen and oxygen atoms in total. The van der Waals surface area contributed by atoms with Crippen LogP contribution in [0.5, 0.6) is 11.5 Å². The third kappa shape index (κ3) is 6.35. The number of anilines is 1. The first kappa shape index (κ1) is 22.4. The summed E-state index contributed by atoms with van der Waals surface area (Å²) in [5.41, 5.74) is 0.0341. The molecule has 1 saturated carbocycles. The fraction of sp³-hybridized carbons (Fsp3) is 0.667. The maximum absolute atomic E-state index is 12.7. The SMILES string of the molecule is CC(C)(C)OC(=O)N1C[C@@H](Nc2ccc(OC(F)F)c(OCC3CC3)c2)C[C@@H]1CO. The summed E-state index contributed by atoms with van der Waals surface area (Å²) in [6.45, 7) is 3.08. The Morgan fingerprint density at radius 1 is 1.30 bits per heavy atom. The summed E-state index contributed by atoms with van der Waals surface area (Å²) in [5.74, 6) is 0.711. The van der Waals surface area contributed by atoms with Crippen molar-refractivity contribution in [3.63, 3.8) is 0 Å². The van der Waals surface area contributed by atoms with E-state index in [-0.39, 0.29) is 30.2 Å². The molecule has 0 radical (unpaired) electrons. The molecule has 1 amide bonds. The van der Waals surface area contributed by atoms with Gasteiger partial charge in [0.05, 0.1) is 19.3 Å². The fourth-order valence-corrected chi connectivity index (χ4v) is 3.37. The summed E-state index contributed by atoms with van der Waals surface area (Å²) >= 11 is 0. The molecule has 1 heterocycles. The van der Waals surface area contributed by atoms with E-state index < -0.39 is 18.3 Å². The van der Waals surface area contributed by atoms with Crippen LogP contribution in [0, 0.1) is 5.92 Å². The van der Waals surface area contributed by atoms with Crippen LogP contribution in [0.1, 0.15) is 40.0 Å². The number of nitrogens with one attached hydrogen (secondary N) is 1. The van der Waals surface area contributed by atoms with Crippen molar-refractivity contribution in [2.75, 3.05) is 25.1 Å². The Morgan fingerprint density at radius 2 is 2.03 bits per heavy atom. The number of aliphatic hydroxyl groups is 1. The van der Waals surface area contributed by atoms with E-state index in [9.17, 15) is 18.7 Å². The second-order valence-electron chi connectivity index (χ2n) is 8.84. The molecular formula is C21H30F2N2O5. The van der Waals surface area contributed by atoms with Crippen LogP contribution in [0.3, 0.4) is 0 Å². The smallest absolute Gasteiger partial charge is 0.410 e. The standard InChI is InChI=1S/C21H30F2N2O5/c1-21(2,3)30-20(27)25-10-15(8-16(25)11-26)24-14-6-7-17(29-19(22)23)18(9-14)28-12-13-4-5-13/h6-7,9,13,15-16,19,24,26H,4-5,8,10-12H2,1-3H3/t15-,16+/m0/s1. The number of ether oxygens (including phenoxy) is 3. The number of amides is 1. The Hall–Kier alpha value is -2.29. The molecule has 0 unspecified atom stereocenters. The maximum atomic E-state index is 12.7. The summed E-state index contributed by atoms with van der Waals surface area (Å²) in [6.07, 6.45) is 2.21. The average Bonchev–Trinajstić information content (AvgIpc) is 3.38. The predicted octanol–water partition coefficient (Wildman–Crippen LogP) is 3.86. The molecule has 1 aliphatic heterocycles. The lowest BCUT2D eigenvalue weighted by molar-refractivity contribution is -0.0515. The molecule has 1 saturated heterocycles. The van der Waals surface area contributed by atoms with Gasteiger partial charge in [-0.3, -0.25) is 0 Å². The zero-order valence-corrected chi connectivity index (χ0v) is 17.6. The first-order chi connectivity index (χ1) is 14.1. The number of halogens is 2. The maximum Gasteiger partial charge on any atom is 0.410 e. The Kier molecular flexibility index (Phi) is 6.90. The monoisotopic (exact) mass is 428 g/mol. The second-order valence-corrected chi connectivity index (χ2v) is 8.84. The van der Waals surface area contributed by atoms with Gasteiger partial charge in [0.15, 0.2) is 11.5 Å². The Labute approximate surface area is 175 Å². The molecule has 1 aliphatic carbocycles. The number of benzene rings is 1. The zero-order chi connectivity index (χ0) is 21.9. The minimum atomic E-state index is -2.94. The predicted molar refractivity (Wildman–Crippen MR) is 107 cm³/mol. The summed E-state index contributed by atoms with van der Waals surface area (Å²) in [5, 5.41) is 13.0. The molecule has 2 fully saturated rings. The molecule has 1 aromatic carbocycles. The van der Waals surface area contributed by atoms with Crippen LogP contribution >= 0.6 is 0 Å². The Morgan fingerprint density at radius 3 is 2.63 bits per heavy atom. The molecule has 3 rings (SSSR count). The number of rotatable bonds is 8. The van der Waals surface area contributed by atoms with Crippen LogP contribution < -0.4 is 14.8 Å². The minimum absolute atomic E-state index is 0.00811. The molecule has 2 aliphatic rings. The lowest BCUT2D eigenvalue weighted by Gasteiger charge is -2.27. The van der Waals surface area contributed by atoms with Gasteiger partial charge < -0.3 is 29.5 Å². The third-order valence-corrected chi connectivity index (χ3v) is 4.96. The number of carbonyl (C=O) groups excluding carboxylic acids is 1. The van der Waals surface area contributed by atoms with E-state index in [4.69, 9.17) is 9.47 Å². The van der Waals surface area contributed by atoms with Gasteiger partial charge in [-0.1, -0.05) is 0 Å². The van der Waals surface area contributed by atoms with Gasteiger partial charge in [-0.05, 0) is 58.1 Å². The van der Waals surface area contributed by atoms with Gasteiger partial charge in [0.25, 0.3) is 0 Å². The fourth-order valence-electron chi connectivity index (χ4n) is 3.37.